The summed E-state index contributed by atoms with van der Waals surface area (Å²) in [5.41, 5.74) is 1.36. The van der Waals surface area contributed by atoms with Crippen molar-refractivity contribution in [1.29, 1.82) is 0 Å². The summed E-state index contributed by atoms with van der Waals surface area (Å²) in [5.74, 6) is 0. The minimum Gasteiger partial charge on any atom is -0.368 e. The van der Waals surface area contributed by atoms with Gasteiger partial charge in [-0.3, -0.25) is 0 Å². The van der Waals surface area contributed by atoms with Crippen molar-refractivity contribution in [2.24, 2.45) is 7.05 Å². The molecule has 3 heteroatoms. The second kappa shape index (κ2) is 9.11. The number of piperazine rings is 1. The number of hydrogen-bond donors (Lipinski definition) is 0. The van der Waals surface area contributed by atoms with Crippen LogP contribution in [0.1, 0.15) is 27.7 Å². The van der Waals surface area contributed by atoms with Crippen LogP contribution in [0.15, 0.2) is 18.5 Å². The first-order valence-electron chi connectivity index (χ1n) is 6.81. The summed E-state index contributed by atoms with van der Waals surface area (Å²) in [6.07, 6.45) is 4.29. The van der Waals surface area contributed by atoms with E-state index in [1.807, 2.05) is 27.7 Å². The highest BCUT2D eigenvalue weighted by Gasteiger charge is 2.14. The molecule has 0 bridgehead atoms. The lowest BCUT2D eigenvalue weighted by atomic mass is 10.3. The van der Waals surface area contributed by atoms with Crippen molar-refractivity contribution in [3.8, 4) is 0 Å². The molecule has 0 spiro atoms. The van der Waals surface area contributed by atoms with Crippen LogP contribution >= 0.6 is 0 Å². The van der Waals surface area contributed by atoms with Gasteiger partial charge in [0.1, 0.15) is 0 Å². The van der Waals surface area contributed by atoms with Crippen LogP contribution in [0.25, 0.3) is 0 Å². The fourth-order valence-electron chi connectivity index (χ4n) is 1.74. The van der Waals surface area contributed by atoms with Crippen molar-refractivity contribution in [3.63, 3.8) is 0 Å². The van der Waals surface area contributed by atoms with Gasteiger partial charge in [-0.2, -0.15) is 0 Å². The van der Waals surface area contributed by atoms with Gasteiger partial charge in [-0.05, 0) is 13.1 Å². The molecular formula is C14H29N3. The Balaban J connectivity index is 0.000000581. The summed E-state index contributed by atoms with van der Waals surface area (Å²) in [4.78, 5) is 4.82. The quantitative estimate of drug-likeness (QED) is 0.746. The monoisotopic (exact) mass is 239 g/mol. The molecule has 1 aromatic heterocycles. The van der Waals surface area contributed by atoms with Crippen molar-refractivity contribution in [1.82, 2.24) is 9.47 Å². The Kier molecular flexibility index (Phi) is 8.60. The van der Waals surface area contributed by atoms with E-state index in [4.69, 9.17) is 0 Å². The number of nitrogens with zero attached hydrogens (tertiary/aromatic N) is 3. The maximum Gasteiger partial charge on any atom is 0.0546 e. The molecule has 1 saturated heterocycles. The van der Waals surface area contributed by atoms with Crippen LogP contribution in [0.3, 0.4) is 0 Å². The molecule has 2 rings (SSSR count). The van der Waals surface area contributed by atoms with E-state index in [1.165, 1.54) is 18.8 Å². The summed E-state index contributed by atoms with van der Waals surface area (Å²) < 4.78 is 2.10. The molecule has 1 fully saturated rings. The van der Waals surface area contributed by atoms with E-state index in [9.17, 15) is 0 Å². The van der Waals surface area contributed by atoms with Crippen LogP contribution < -0.4 is 4.90 Å². The number of anilines is 1. The van der Waals surface area contributed by atoms with Gasteiger partial charge < -0.3 is 14.4 Å². The SMILES string of the molecule is CC.CC.CN1CCN(c2ccn(C)c2)CC1. The predicted octanol–water partition coefficient (Wildman–Crippen LogP) is 2.83. The number of likely N-dealkylation sites (N-methyl/N-ethyl adjacent to an activating group) is 1. The summed E-state index contributed by atoms with van der Waals surface area (Å²) in [7, 11) is 4.25. The highest BCUT2D eigenvalue weighted by atomic mass is 15.3. The first-order chi connectivity index (χ1) is 8.25. The molecular weight excluding hydrogens is 210 g/mol. The van der Waals surface area contributed by atoms with Gasteiger partial charge in [0.2, 0.25) is 0 Å². The summed E-state index contributed by atoms with van der Waals surface area (Å²) in [6, 6.07) is 2.19. The second-order valence-electron chi connectivity index (χ2n) is 3.83. The molecule has 0 N–H and O–H groups in total. The normalized spacial score (nSPS) is 15.5. The molecule has 1 aliphatic rings. The highest BCUT2D eigenvalue weighted by molar-refractivity contribution is 5.45. The summed E-state index contributed by atoms with van der Waals surface area (Å²) >= 11 is 0. The van der Waals surface area contributed by atoms with Crippen LogP contribution in [0.2, 0.25) is 0 Å². The lowest BCUT2D eigenvalue weighted by Crippen LogP contribution is -2.44. The average Bonchev–Trinajstić information content (AvgIpc) is 2.82. The van der Waals surface area contributed by atoms with Crippen LogP contribution in [-0.4, -0.2) is 42.7 Å². The van der Waals surface area contributed by atoms with Crippen molar-refractivity contribution in [2.45, 2.75) is 27.7 Å². The molecule has 2 heterocycles. The fourth-order valence-corrected chi connectivity index (χ4v) is 1.74. The molecule has 0 atom stereocenters. The first-order valence-corrected chi connectivity index (χ1v) is 6.81. The second-order valence-corrected chi connectivity index (χ2v) is 3.83. The summed E-state index contributed by atoms with van der Waals surface area (Å²) in [5, 5.41) is 0. The maximum absolute atomic E-state index is 2.44. The Morgan fingerprint density at radius 3 is 1.82 bits per heavy atom. The smallest absolute Gasteiger partial charge is 0.0546 e. The molecule has 1 aromatic rings. The molecule has 0 unspecified atom stereocenters. The van der Waals surface area contributed by atoms with Gasteiger partial charge in [0, 0.05) is 45.6 Å². The molecule has 3 nitrogen and oxygen atoms in total. The molecule has 0 saturated carbocycles. The molecule has 0 radical (unpaired) electrons. The Labute approximate surface area is 107 Å². The van der Waals surface area contributed by atoms with Crippen molar-refractivity contribution < 1.29 is 0 Å². The first kappa shape index (κ1) is 16.0. The Morgan fingerprint density at radius 1 is 0.882 bits per heavy atom. The van der Waals surface area contributed by atoms with Crippen LogP contribution in [0.4, 0.5) is 5.69 Å². The van der Waals surface area contributed by atoms with Gasteiger partial charge in [-0.25, -0.2) is 0 Å². The Morgan fingerprint density at radius 2 is 1.41 bits per heavy atom. The zero-order chi connectivity index (χ0) is 13.3. The average molecular weight is 239 g/mol. The van der Waals surface area contributed by atoms with E-state index < -0.39 is 0 Å². The topological polar surface area (TPSA) is 11.4 Å². The lowest BCUT2D eigenvalue weighted by molar-refractivity contribution is 0.313. The van der Waals surface area contributed by atoms with E-state index in [0.29, 0.717) is 0 Å². The third kappa shape index (κ3) is 5.26. The van der Waals surface area contributed by atoms with E-state index in [0.717, 1.165) is 13.1 Å². The zero-order valence-electron chi connectivity index (χ0n) is 12.4. The number of hydrogen-bond acceptors (Lipinski definition) is 2. The van der Waals surface area contributed by atoms with Crippen molar-refractivity contribution >= 4 is 5.69 Å². The highest BCUT2D eigenvalue weighted by Crippen LogP contribution is 2.15. The van der Waals surface area contributed by atoms with E-state index in [1.54, 1.807) is 0 Å². The lowest BCUT2D eigenvalue weighted by Gasteiger charge is -2.33. The van der Waals surface area contributed by atoms with Gasteiger partial charge in [-0.15, -0.1) is 0 Å². The Bertz CT molecular complexity index is 273. The number of rotatable bonds is 1. The Hall–Kier alpha value is -0.960. The minimum absolute atomic E-state index is 1.15. The molecule has 0 amide bonds. The van der Waals surface area contributed by atoms with Crippen LogP contribution in [-0.2, 0) is 7.05 Å². The third-order valence-corrected chi connectivity index (χ3v) is 2.68. The molecule has 0 aromatic carbocycles. The number of aromatic nitrogens is 1. The maximum atomic E-state index is 2.44. The standard InChI is InChI=1S/C10H17N3.2C2H6/c1-11-5-7-13(8-6-11)10-3-4-12(2)9-10;2*1-2/h3-4,9H,5-8H2,1-2H3;2*1-2H3. The van der Waals surface area contributed by atoms with E-state index in [-0.39, 0.29) is 0 Å². The van der Waals surface area contributed by atoms with Crippen molar-refractivity contribution in [2.75, 3.05) is 38.1 Å². The van der Waals surface area contributed by atoms with Gasteiger partial charge >= 0.3 is 0 Å². The summed E-state index contributed by atoms with van der Waals surface area (Å²) in [6.45, 7) is 12.7. The fraction of sp³-hybridized carbons (Fsp3) is 0.714. The molecule has 0 aliphatic carbocycles. The van der Waals surface area contributed by atoms with E-state index in [2.05, 4.69) is 46.9 Å². The predicted molar refractivity (Wildman–Crippen MR) is 77.8 cm³/mol. The van der Waals surface area contributed by atoms with E-state index >= 15 is 0 Å². The van der Waals surface area contributed by atoms with Crippen LogP contribution in [0, 0.1) is 0 Å². The van der Waals surface area contributed by atoms with Gasteiger partial charge in [0.25, 0.3) is 0 Å². The number of aryl methyl sites for hydroxylation is 1. The molecule has 17 heavy (non-hydrogen) atoms. The molecule has 1 aliphatic heterocycles. The third-order valence-electron chi connectivity index (χ3n) is 2.68. The van der Waals surface area contributed by atoms with Crippen molar-refractivity contribution in [3.05, 3.63) is 18.5 Å². The molecule has 100 valence electrons. The zero-order valence-corrected chi connectivity index (χ0v) is 12.4. The largest absolute Gasteiger partial charge is 0.368 e. The minimum atomic E-state index is 1.15. The van der Waals surface area contributed by atoms with Gasteiger partial charge in [-0.1, -0.05) is 27.7 Å². The van der Waals surface area contributed by atoms with Gasteiger partial charge in [0.05, 0.1) is 5.69 Å². The van der Waals surface area contributed by atoms with Gasteiger partial charge in [0.15, 0.2) is 0 Å². The van der Waals surface area contributed by atoms with Crippen LogP contribution in [0.5, 0.6) is 0 Å².